The topological polar surface area (TPSA) is 140 Å². The minimum Gasteiger partial charge on any atom is -0.460 e. The van der Waals surface area contributed by atoms with E-state index in [2.05, 4.69) is 5.32 Å². The lowest BCUT2D eigenvalue weighted by atomic mass is 10.1. The smallest absolute Gasteiger partial charge is 0.416 e. The van der Waals surface area contributed by atoms with Crippen LogP contribution in [0.5, 0.6) is 0 Å². The van der Waals surface area contributed by atoms with E-state index in [9.17, 15) is 27.6 Å². The van der Waals surface area contributed by atoms with E-state index < -0.39 is 17.7 Å². The number of carbonyl (C=O) groups excluding carboxylic acids is 3. The first-order valence-corrected chi connectivity index (χ1v) is 17.5. The normalized spacial score (nSPS) is 12.7. The van der Waals surface area contributed by atoms with Crippen LogP contribution in [0, 0.1) is 0 Å². The highest BCUT2D eigenvalue weighted by Gasteiger charge is 2.34. The SMILES string of the molecule is O=C(OCCOCCOCCOCCOCCOCCOCCOCCN1C(=O)c2ccccc2C1=O)c1ccccc1Nc1cccc(C(F)(F)F)c1. The summed E-state index contributed by atoms with van der Waals surface area (Å²) >= 11 is 0. The van der Waals surface area contributed by atoms with E-state index in [1.807, 2.05) is 0 Å². The number of benzene rings is 3. The number of esters is 1. The van der Waals surface area contributed by atoms with Gasteiger partial charge in [0.15, 0.2) is 0 Å². The molecular weight excluding hydrogens is 717 g/mol. The van der Waals surface area contributed by atoms with Crippen LogP contribution >= 0.6 is 0 Å². The predicted octanol–water partition coefficient (Wildman–Crippen LogP) is 5.02. The summed E-state index contributed by atoms with van der Waals surface area (Å²) in [4.78, 5) is 38.4. The lowest BCUT2D eigenvalue weighted by Gasteiger charge is -2.13. The first-order chi connectivity index (χ1) is 26.3. The molecule has 16 heteroatoms. The number of halogens is 3. The number of rotatable bonds is 27. The van der Waals surface area contributed by atoms with E-state index in [-0.39, 0.29) is 56.0 Å². The minimum atomic E-state index is -4.48. The van der Waals surface area contributed by atoms with E-state index >= 15 is 0 Å². The fraction of sp³-hybridized carbons (Fsp3) is 0.447. The summed E-state index contributed by atoms with van der Waals surface area (Å²) in [7, 11) is 0. The van der Waals surface area contributed by atoms with E-state index in [4.69, 9.17) is 37.9 Å². The third-order valence-corrected chi connectivity index (χ3v) is 7.65. The van der Waals surface area contributed by atoms with Crippen molar-refractivity contribution in [2.75, 3.05) is 111 Å². The molecule has 1 heterocycles. The third-order valence-electron chi connectivity index (χ3n) is 7.65. The Morgan fingerprint density at radius 3 is 1.50 bits per heavy atom. The Labute approximate surface area is 311 Å². The lowest BCUT2D eigenvalue weighted by molar-refractivity contribution is -0.137. The summed E-state index contributed by atoms with van der Waals surface area (Å²) in [5.41, 5.74) is 0.725. The standard InChI is InChI=1S/C38H45F3N2O11/c39-38(40,41)29-6-5-7-30(28-29)42-34-11-4-3-10-33(34)37(46)54-27-26-53-25-24-52-23-22-51-21-20-50-19-18-49-17-16-48-15-14-47-13-12-43-35(44)31-8-1-2-9-32(31)36(43)45/h1-11,28,42H,12-27H2. The summed E-state index contributed by atoms with van der Waals surface area (Å²) in [6.07, 6.45) is -4.48. The van der Waals surface area contributed by atoms with Crippen molar-refractivity contribution < 1.29 is 65.4 Å². The number of fused-ring (bicyclic) bond motifs is 1. The average molecular weight is 763 g/mol. The van der Waals surface area contributed by atoms with Crippen molar-refractivity contribution in [1.82, 2.24) is 4.90 Å². The number of ether oxygens (including phenoxy) is 8. The predicted molar refractivity (Wildman–Crippen MR) is 189 cm³/mol. The van der Waals surface area contributed by atoms with Gasteiger partial charge in [0.05, 0.1) is 127 Å². The van der Waals surface area contributed by atoms with Crippen molar-refractivity contribution in [3.63, 3.8) is 0 Å². The van der Waals surface area contributed by atoms with Crippen LogP contribution in [0.15, 0.2) is 72.8 Å². The van der Waals surface area contributed by atoms with E-state index in [0.717, 1.165) is 12.1 Å². The Morgan fingerprint density at radius 2 is 1.00 bits per heavy atom. The van der Waals surface area contributed by atoms with Crippen molar-refractivity contribution in [3.05, 3.63) is 95.1 Å². The van der Waals surface area contributed by atoms with Gasteiger partial charge in [0.25, 0.3) is 11.8 Å². The van der Waals surface area contributed by atoms with Crippen LogP contribution in [0.25, 0.3) is 0 Å². The van der Waals surface area contributed by atoms with Crippen LogP contribution in [0.4, 0.5) is 24.5 Å². The highest BCUT2D eigenvalue weighted by molar-refractivity contribution is 6.21. The van der Waals surface area contributed by atoms with Crippen LogP contribution in [-0.4, -0.2) is 128 Å². The van der Waals surface area contributed by atoms with Crippen molar-refractivity contribution in [1.29, 1.82) is 0 Å². The first kappa shape index (κ1) is 42.3. The molecule has 4 rings (SSSR count). The number of hydrogen-bond donors (Lipinski definition) is 1. The number of hydrogen-bond acceptors (Lipinski definition) is 12. The molecule has 1 N–H and O–H groups in total. The highest BCUT2D eigenvalue weighted by Crippen LogP contribution is 2.32. The van der Waals surface area contributed by atoms with Crippen molar-refractivity contribution in [2.45, 2.75) is 6.18 Å². The summed E-state index contributed by atoms with van der Waals surface area (Å²) in [6.45, 7) is 5.05. The molecule has 1 aliphatic heterocycles. The van der Waals surface area contributed by atoms with Crippen molar-refractivity contribution >= 4 is 29.2 Å². The minimum absolute atomic E-state index is 0.0128. The molecule has 1 aliphatic rings. The maximum atomic E-state index is 13.0. The molecule has 2 amide bonds. The van der Waals surface area contributed by atoms with Gasteiger partial charge in [-0.15, -0.1) is 0 Å². The molecule has 13 nitrogen and oxygen atoms in total. The zero-order valence-electron chi connectivity index (χ0n) is 29.8. The summed E-state index contributed by atoms with van der Waals surface area (Å²) in [5.74, 6) is -1.23. The van der Waals surface area contributed by atoms with Crippen molar-refractivity contribution in [2.24, 2.45) is 0 Å². The first-order valence-electron chi connectivity index (χ1n) is 17.5. The maximum absolute atomic E-state index is 13.0. The molecule has 0 aromatic heterocycles. The molecule has 3 aromatic rings. The molecule has 0 bridgehead atoms. The van der Waals surface area contributed by atoms with E-state index in [0.29, 0.717) is 89.5 Å². The van der Waals surface area contributed by atoms with Gasteiger partial charge in [-0.3, -0.25) is 14.5 Å². The van der Waals surface area contributed by atoms with Gasteiger partial charge in [-0.25, -0.2) is 4.79 Å². The number of amides is 2. The largest absolute Gasteiger partial charge is 0.460 e. The number of anilines is 2. The third kappa shape index (κ3) is 14.4. The molecule has 0 aliphatic carbocycles. The number of carbonyl (C=O) groups is 3. The molecule has 294 valence electrons. The molecule has 0 saturated carbocycles. The Kier molecular flexibility index (Phi) is 18.3. The van der Waals surface area contributed by atoms with Gasteiger partial charge in [0, 0.05) is 5.69 Å². The van der Waals surface area contributed by atoms with Crippen LogP contribution in [0.1, 0.15) is 36.6 Å². The molecule has 0 spiro atoms. The van der Waals surface area contributed by atoms with Crippen molar-refractivity contribution in [3.8, 4) is 0 Å². The quantitative estimate of drug-likeness (QED) is 0.0634. The van der Waals surface area contributed by atoms with Crippen LogP contribution in [0.2, 0.25) is 0 Å². The average Bonchev–Trinajstić information content (AvgIpc) is 3.41. The fourth-order valence-electron chi connectivity index (χ4n) is 4.99. The van der Waals surface area contributed by atoms with Crippen LogP contribution in [-0.2, 0) is 44.1 Å². The zero-order chi connectivity index (χ0) is 38.4. The Balaban J connectivity index is 0.875. The summed E-state index contributed by atoms with van der Waals surface area (Å²) < 4.78 is 82.6. The molecular formula is C38H45F3N2O11. The van der Waals surface area contributed by atoms with Gasteiger partial charge in [0.1, 0.15) is 6.61 Å². The fourth-order valence-corrected chi connectivity index (χ4v) is 4.99. The molecule has 0 unspecified atom stereocenters. The number of para-hydroxylation sites is 1. The van der Waals surface area contributed by atoms with Gasteiger partial charge >= 0.3 is 12.1 Å². The second kappa shape index (κ2) is 23.4. The lowest BCUT2D eigenvalue weighted by Crippen LogP contribution is -2.33. The number of alkyl halides is 3. The summed E-state index contributed by atoms with van der Waals surface area (Å²) in [5, 5.41) is 2.85. The van der Waals surface area contributed by atoms with Crippen LogP contribution < -0.4 is 5.32 Å². The Bertz CT molecular complexity index is 1570. The molecule has 0 fully saturated rings. The number of nitrogens with one attached hydrogen (secondary N) is 1. The molecule has 3 aromatic carbocycles. The van der Waals surface area contributed by atoms with Gasteiger partial charge in [-0.1, -0.05) is 30.3 Å². The summed E-state index contributed by atoms with van der Waals surface area (Å²) in [6, 6.07) is 17.8. The number of nitrogens with zero attached hydrogens (tertiary/aromatic N) is 1. The molecule has 0 saturated heterocycles. The van der Waals surface area contributed by atoms with Gasteiger partial charge < -0.3 is 43.2 Å². The zero-order valence-corrected chi connectivity index (χ0v) is 29.8. The van der Waals surface area contributed by atoms with Crippen LogP contribution in [0.3, 0.4) is 0 Å². The van der Waals surface area contributed by atoms with E-state index in [1.54, 1.807) is 42.5 Å². The second-order valence-corrected chi connectivity index (χ2v) is 11.5. The second-order valence-electron chi connectivity index (χ2n) is 11.5. The van der Waals surface area contributed by atoms with E-state index in [1.165, 1.54) is 23.1 Å². The van der Waals surface area contributed by atoms with Gasteiger partial charge in [-0.2, -0.15) is 13.2 Å². The highest BCUT2D eigenvalue weighted by atomic mass is 19.4. The monoisotopic (exact) mass is 762 g/mol. The molecule has 0 radical (unpaired) electrons. The Hall–Kier alpha value is -4.42. The Morgan fingerprint density at radius 1 is 0.556 bits per heavy atom. The maximum Gasteiger partial charge on any atom is 0.416 e. The molecule has 54 heavy (non-hydrogen) atoms. The number of imide groups is 1. The molecule has 0 atom stereocenters. The van der Waals surface area contributed by atoms with Gasteiger partial charge in [-0.05, 0) is 42.5 Å². The van der Waals surface area contributed by atoms with Gasteiger partial charge in [0.2, 0.25) is 0 Å².